The third kappa shape index (κ3) is 2.44. The highest BCUT2D eigenvalue weighted by molar-refractivity contribution is 5.70. The zero-order valence-electron chi connectivity index (χ0n) is 9.82. The Kier molecular flexibility index (Phi) is 3.38. The molecule has 5 heteroatoms. The molecule has 0 saturated carbocycles. The quantitative estimate of drug-likeness (QED) is 0.784. The van der Waals surface area contributed by atoms with Crippen LogP contribution in [-0.4, -0.2) is 30.9 Å². The van der Waals surface area contributed by atoms with Gasteiger partial charge in [0.25, 0.3) is 0 Å². The molecular weight excluding hydrogens is 223 g/mol. The van der Waals surface area contributed by atoms with E-state index in [1.807, 2.05) is 4.90 Å². The van der Waals surface area contributed by atoms with Gasteiger partial charge in [0, 0.05) is 25.2 Å². The van der Waals surface area contributed by atoms with Gasteiger partial charge in [-0.1, -0.05) is 0 Å². The number of nitrogens with two attached hydrogens (primary N) is 1. The van der Waals surface area contributed by atoms with E-state index >= 15 is 0 Å². The minimum Gasteiger partial charge on any atom is -0.491 e. The SMILES string of the molecule is CCOc1cc(N2CCC(O)C2)c(N)cc1F. The van der Waals surface area contributed by atoms with Gasteiger partial charge in [-0.2, -0.15) is 0 Å². The second-order valence-electron chi connectivity index (χ2n) is 4.16. The van der Waals surface area contributed by atoms with Crippen molar-refractivity contribution >= 4 is 11.4 Å². The number of hydrogen-bond donors (Lipinski definition) is 2. The molecule has 1 aliphatic rings. The molecule has 1 atom stereocenters. The molecule has 4 nitrogen and oxygen atoms in total. The number of nitrogen functional groups attached to an aromatic ring is 1. The molecule has 0 bridgehead atoms. The Morgan fingerprint density at radius 1 is 1.59 bits per heavy atom. The first-order chi connectivity index (χ1) is 8.11. The second-order valence-corrected chi connectivity index (χ2v) is 4.16. The average Bonchev–Trinajstić information content (AvgIpc) is 2.69. The molecule has 17 heavy (non-hydrogen) atoms. The van der Waals surface area contributed by atoms with Gasteiger partial charge in [-0.3, -0.25) is 0 Å². The Morgan fingerprint density at radius 3 is 2.94 bits per heavy atom. The molecule has 0 radical (unpaired) electrons. The van der Waals surface area contributed by atoms with Gasteiger partial charge in [0.2, 0.25) is 0 Å². The van der Waals surface area contributed by atoms with E-state index in [4.69, 9.17) is 10.5 Å². The number of rotatable bonds is 3. The van der Waals surface area contributed by atoms with Gasteiger partial charge < -0.3 is 20.5 Å². The van der Waals surface area contributed by atoms with Gasteiger partial charge >= 0.3 is 0 Å². The van der Waals surface area contributed by atoms with E-state index in [2.05, 4.69) is 0 Å². The average molecular weight is 240 g/mol. The van der Waals surface area contributed by atoms with E-state index in [-0.39, 0.29) is 11.9 Å². The van der Waals surface area contributed by atoms with E-state index in [1.165, 1.54) is 6.07 Å². The van der Waals surface area contributed by atoms with Crippen molar-refractivity contribution in [2.75, 3.05) is 30.3 Å². The summed E-state index contributed by atoms with van der Waals surface area (Å²) >= 11 is 0. The van der Waals surface area contributed by atoms with Crippen LogP contribution in [-0.2, 0) is 0 Å². The lowest BCUT2D eigenvalue weighted by Crippen LogP contribution is -2.22. The Bertz CT molecular complexity index is 412. The number of benzene rings is 1. The Morgan fingerprint density at radius 2 is 2.35 bits per heavy atom. The molecule has 0 spiro atoms. The molecule has 1 aromatic rings. The normalized spacial score (nSPS) is 19.7. The monoisotopic (exact) mass is 240 g/mol. The van der Waals surface area contributed by atoms with Gasteiger partial charge in [0.1, 0.15) is 0 Å². The second kappa shape index (κ2) is 4.79. The van der Waals surface area contributed by atoms with Crippen molar-refractivity contribution in [2.24, 2.45) is 0 Å². The molecule has 1 aliphatic heterocycles. The van der Waals surface area contributed by atoms with Crippen LogP contribution in [0.1, 0.15) is 13.3 Å². The van der Waals surface area contributed by atoms with E-state index in [0.29, 0.717) is 25.3 Å². The highest BCUT2D eigenvalue weighted by atomic mass is 19.1. The van der Waals surface area contributed by atoms with Crippen molar-refractivity contribution in [1.82, 2.24) is 0 Å². The molecule has 0 amide bonds. The first-order valence-corrected chi connectivity index (χ1v) is 5.76. The fraction of sp³-hybridized carbons (Fsp3) is 0.500. The van der Waals surface area contributed by atoms with Gasteiger partial charge in [-0.15, -0.1) is 0 Å². The van der Waals surface area contributed by atoms with Gasteiger partial charge in [-0.25, -0.2) is 4.39 Å². The lowest BCUT2D eigenvalue weighted by Gasteiger charge is -2.21. The van der Waals surface area contributed by atoms with E-state index in [0.717, 1.165) is 12.2 Å². The topological polar surface area (TPSA) is 58.7 Å². The third-order valence-electron chi connectivity index (χ3n) is 2.89. The van der Waals surface area contributed by atoms with Crippen LogP contribution in [0.15, 0.2) is 12.1 Å². The fourth-order valence-electron chi connectivity index (χ4n) is 2.06. The van der Waals surface area contributed by atoms with Crippen molar-refractivity contribution in [3.05, 3.63) is 17.9 Å². The van der Waals surface area contributed by atoms with Crippen LogP contribution in [0.3, 0.4) is 0 Å². The predicted molar refractivity (Wildman–Crippen MR) is 64.8 cm³/mol. The lowest BCUT2D eigenvalue weighted by atomic mass is 10.2. The maximum atomic E-state index is 13.5. The van der Waals surface area contributed by atoms with Crippen LogP contribution in [0.5, 0.6) is 5.75 Å². The molecule has 1 unspecified atom stereocenters. The number of anilines is 2. The van der Waals surface area contributed by atoms with Crippen LogP contribution in [0.2, 0.25) is 0 Å². The molecular formula is C12H17FN2O2. The van der Waals surface area contributed by atoms with E-state index < -0.39 is 5.82 Å². The van der Waals surface area contributed by atoms with Crippen molar-refractivity contribution in [1.29, 1.82) is 0 Å². The summed E-state index contributed by atoms with van der Waals surface area (Å²) in [6.45, 7) is 3.46. The molecule has 2 rings (SSSR count). The Labute approximate surface area is 99.8 Å². The van der Waals surface area contributed by atoms with Crippen LogP contribution in [0.25, 0.3) is 0 Å². The summed E-state index contributed by atoms with van der Waals surface area (Å²) in [6.07, 6.45) is 0.371. The highest BCUT2D eigenvalue weighted by Crippen LogP contribution is 2.33. The van der Waals surface area contributed by atoms with Gasteiger partial charge in [0.15, 0.2) is 11.6 Å². The molecule has 0 aromatic heterocycles. The summed E-state index contributed by atoms with van der Waals surface area (Å²) in [7, 11) is 0. The summed E-state index contributed by atoms with van der Waals surface area (Å²) in [4.78, 5) is 1.95. The number of aliphatic hydroxyl groups excluding tert-OH is 1. The molecule has 3 N–H and O–H groups in total. The Hall–Kier alpha value is -1.49. The summed E-state index contributed by atoms with van der Waals surface area (Å²) in [5.41, 5.74) is 6.90. The maximum Gasteiger partial charge on any atom is 0.167 e. The van der Waals surface area contributed by atoms with Crippen molar-refractivity contribution in [2.45, 2.75) is 19.4 Å². The number of β-amino-alcohol motifs (C(OH)–C–C–N with tert-alkyl or cyclic N) is 1. The molecule has 1 fully saturated rings. The lowest BCUT2D eigenvalue weighted by molar-refractivity contribution is 0.198. The molecule has 1 heterocycles. The van der Waals surface area contributed by atoms with Crippen molar-refractivity contribution < 1.29 is 14.2 Å². The smallest absolute Gasteiger partial charge is 0.167 e. The summed E-state index contributed by atoms with van der Waals surface area (Å²) in [5.74, 6) is -0.245. The molecule has 0 aliphatic carbocycles. The summed E-state index contributed by atoms with van der Waals surface area (Å²) in [6, 6.07) is 2.87. The number of halogens is 1. The standard InChI is InChI=1S/C12H17FN2O2/c1-2-17-12-6-11(10(14)5-9(12)13)15-4-3-8(16)7-15/h5-6,8,16H,2-4,7,14H2,1H3. The number of ether oxygens (including phenoxy) is 1. The Balaban J connectivity index is 2.29. The highest BCUT2D eigenvalue weighted by Gasteiger charge is 2.23. The number of aliphatic hydroxyl groups is 1. The fourth-order valence-corrected chi connectivity index (χ4v) is 2.06. The van der Waals surface area contributed by atoms with Crippen molar-refractivity contribution in [3.63, 3.8) is 0 Å². The van der Waals surface area contributed by atoms with E-state index in [1.54, 1.807) is 13.0 Å². The maximum absolute atomic E-state index is 13.5. The molecule has 1 saturated heterocycles. The number of nitrogens with zero attached hydrogens (tertiary/aromatic N) is 1. The van der Waals surface area contributed by atoms with Crippen molar-refractivity contribution in [3.8, 4) is 5.75 Å². The van der Waals surface area contributed by atoms with Crippen LogP contribution < -0.4 is 15.4 Å². The first-order valence-electron chi connectivity index (χ1n) is 5.76. The summed E-state index contributed by atoms with van der Waals surface area (Å²) in [5, 5.41) is 9.49. The first kappa shape index (κ1) is 12.0. The third-order valence-corrected chi connectivity index (χ3v) is 2.89. The van der Waals surface area contributed by atoms with Gasteiger partial charge in [-0.05, 0) is 13.3 Å². The molecule has 1 aromatic carbocycles. The minimum absolute atomic E-state index is 0.207. The predicted octanol–water partition coefficient (Wildman–Crippen LogP) is 1.38. The number of hydrogen-bond acceptors (Lipinski definition) is 4. The largest absolute Gasteiger partial charge is 0.491 e. The summed E-state index contributed by atoms with van der Waals surface area (Å²) < 4.78 is 18.7. The zero-order chi connectivity index (χ0) is 12.4. The molecule has 94 valence electrons. The van der Waals surface area contributed by atoms with E-state index in [9.17, 15) is 9.50 Å². The minimum atomic E-state index is -0.451. The van der Waals surface area contributed by atoms with Crippen LogP contribution >= 0.6 is 0 Å². The zero-order valence-corrected chi connectivity index (χ0v) is 9.82. The van der Waals surface area contributed by atoms with Gasteiger partial charge in [0.05, 0.1) is 24.1 Å². The van der Waals surface area contributed by atoms with Crippen LogP contribution in [0.4, 0.5) is 15.8 Å². The van der Waals surface area contributed by atoms with Crippen LogP contribution in [0, 0.1) is 5.82 Å².